The Hall–Kier alpha value is -2.29. The molecular formula is C18H18ClN3O4S. The zero-order valence-electron chi connectivity index (χ0n) is 14.8. The van der Waals surface area contributed by atoms with Crippen molar-refractivity contribution in [1.82, 2.24) is 14.3 Å². The van der Waals surface area contributed by atoms with Crippen LogP contribution < -0.4 is 9.47 Å². The van der Waals surface area contributed by atoms with E-state index in [1.807, 2.05) is 6.07 Å². The van der Waals surface area contributed by atoms with Crippen molar-refractivity contribution >= 4 is 32.7 Å². The molecule has 0 amide bonds. The topological polar surface area (TPSA) is 84.5 Å². The Balaban J connectivity index is 1.75. The van der Waals surface area contributed by atoms with Gasteiger partial charge < -0.3 is 14.5 Å². The summed E-state index contributed by atoms with van der Waals surface area (Å²) in [6.07, 6.45) is 2.14. The fourth-order valence-electron chi connectivity index (χ4n) is 3.37. The number of rotatable bonds is 4. The third-order valence-electron chi connectivity index (χ3n) is 4.75. The highest BCUT2D eigenvalue weighted by Crippen LogP contribution is 2.35. The maximum Gasteiger partial charge on any atom is 0.247 e. The summed E-state index contributed by atoms with van der Waals surface area (Å²) in [5.74, 6) is 0.785. The summed E-state index contributed by atoms with van der Waals surface area (Å²) in [4.78, 5) is 7.66. The minimum atomic E-state index is -3.74. The van der Waals surface area contributed by atoms with E-state index in [4.69, 9.17) is 21.1 Å². The third-order valence-corrected chi connectivity index (χ3v) is 6.84. The number of hydrogen-bond acceptors (Lipinski definition) is 5. The van der Waals surface area contributed by atoms with Crippen LogP contribution in [0.2, 0.25) is 5.02 Å². The largest absolute Gasteiger partial charge is 0.497 e. The monoisotopic (exact) mass is 407 g/mol. The van der Waals surface area contributed by atoms with Crippen molar-refractivity contribution in [2.75, 3.05) is 20.8 Å². The quantitative estimate of drug-likeness (QED) is 0.718. The van der Waals surface area contributed by atoms with Gasteiger partial charge in [-0.05, 0) is 23.8 Å². The molecule has 1 aliphatic rings. The van der Waals surface area contributed by atoms with Crippen molar-refractivity contribution in [2.45, 2.75) is 17.9 Å². The van der Waals surface area contributed by atoms with E-state index in [0.717, 1.165) is 16.6 Å². The Kier molecular flexibility index (Phi) is 4.49. The predicted molar refractivity (Wildman–Crippen MR) is 102 cm³/mol. The van der Waals surface area contributed by atoms with Gasteiger partial charge in [-0.2, -0.15) is 4.31 Å². The average molecular weight is 408 g/mol. The maximum atomic E-state index is 13.3. The van der Waals surface area contributed by atoms with E-state index in [0.29, 0.717) is 29.4 Å². The van der Waals surface area contributed by atoms with Gasteiger partial charge in [-0.25, -0.2) is 13.4 Å². The minimum Gasteiger partial charge on any atom is -0.497 e. The molecular weight excluding hydrogens is 390 g/mol. The molecule has 0 saturated carbocycles. The van der Waals surface area contributed by atoms with Crippen LogP contribution in [0.5, 0.6) is 11.5 Å². The summed E-state index contributed by atoms with van der Waals surface area (Å²) in [6.45, 7) is 0.611. The van der Waals surface area contributed by atoms with Crippen molar-refractivity contribution in [2.24, 2.45) is 0 Å². The molecule has 1 aliphatic heterocycles. The lowest BCUT2D eigenvalue weighted by atomic mass is 10.1. The lowest BCUT2D eigenvalue weighted by molar-refractivity contribution is 0.372. The van der Waals surface area contributed by atoms with Crippen LogP contribution in [0.25, 0.3) is 11.0 Å². The van der Waals surface area contributed by atoms with E-state index in [9.17, 15) is 8.42 Å². The highest BCUT2D eigenvalue weighted by Gasteiger charge is 2.32. The number of halogens is 1. The molecule has 3 aromatic rings. The van der Waals surface area contributed by atoms with Crippen LogP contribution in [-0.2, 0) is 23.0 Å². The first kappa shape index (κ1) is 18.1. The van der Waals surface area contributed by atoms with Crippen LogP contribution in [0.3, 0.4) is 0 Å². The molecule has 27 heavy (non-hydrogen) atoms. The van der Waals surface area contributed by atoms with Gasteiger partial charge in [0.25, 0.3) is 0 Å². The van der Waals surface area contributed by atoms with Crippen molar-refractivity contribution in [3.8, 4) is 11.5 Å². The Labute approximate surface area is 161 Å². The Morgan fingerprint density at radius 1 is 1.22 bits per heavy atom. The van der Waals surface area contributed by atoms with Gasteiger partial charge in [0.15, 0.2) is 0 Å². The molecule has 0 saturated heterocycles. The van der Waals surface area contributed by atoms with E-state index in [1.54, 1.807) is 18.3 Å². The van der Waals surface area contributed by atoms with Gasteiger partial charge >= 0.3 is 0 Å². The summed E-state index contributed by atoms with van der Waals surface area (Å²) in [5, 5.41) is 1.36. The number of H-pyrrole nitrogens is 1. The van der Waals surface area contributed by atoms with Crippen molar-refractivity contribution in [1.29, 1.82) is 0 Å². The molecule has 4 rings (SSSR count). The number of nitrogens with zero attached hydrogens (tertiary/aromatic N) is 2. The van der Waals surface area contributed by atoms with Crippen LogP contribution in [0.15, 0.2) is 35.4 Å². The number of fused-ring (bicyclic) bond motifs is 3. The minimum absolute atomic E-state index is 0.116. The predicted octanol–water partition coefficient (Wildman–Crippen LogP) is 2.98. The van der Waals surface area contributed by atoms with Gasteiger partial charge in [0.2, 0.25) is 10.0 Å². The van der Waals surface area contributed by atoms with Crippen molar-refractivity contribution in [3.05, 3.63) is 46.7 Å². The van der Waals surface area contributed by atoms with Crippen molar-refractivity contribution < 1.29 is 17.9 Å². The summed E-state index contributed by atoms with van der Waals surface area (Å²) in [7, 11) is -0.785. The fourth-order valence-corrected chi connectivity index (χ4v) is 5.07. The first-order valence-corrected chi connectivity index (χ1v) is 10.1. The number of pyridine rings is 1. The van der Waals surface area contributed by atoms with E-state index in [1.165, 1.54) is 24.6 Å². The molecule has 0 radical (unpaired) electrons. The van der Waals surface area contributed by atoms with E-state index in [-0.39, 0.29) is 17.2 Å². The number of aromatic amines is 1. The zero-order chi connectivity index (χ0) is 19.2. The molecule has 0 unspecified atom stereocenters. The van der Waals surface area contributed by atoms with Crippen LogP contribution in [0, 0.1) is 0 Å². The number of sulfonamides is 1. The summed E-state index contributed by atoms with van der Waals surface area (Å²) >= 11 is 6.07. The fraction of sp³-hybridized carbons (Fsp3) is 0.278. The Morgan fingerprint density at radius 3 is 2.78 bits per heavy atom. The van der Waals surface area contributed by atoms with Gasteiger partial charge in [0.1, 0.15) is 22.0 Å². The van der Waals surface area contributed by atoms with Crippen LogP contribution >= 0.6 is 11.6 Å². The lowest BCUT2D eigenvalue weighted by Gasteiger charge is -2.27. The number of methoxy groups -OCH3 is 2. The second-order valence-corrected chi connectivity index (χ2v) is 8.58. The van der Waals surface area contributed by atoms with Crippen LogP contribution in [0.1, 0.15) is 11.3 Å². The average Bonchev–Trinajstić information content (AvgIpc) is 3.04. The van der Waals surface area contributed by atoms with E-state index in [2.05, 4.69) is 9.97 Å². The highest BCUT2D eigenvalue weighted by atomic mass is 35.5. The van der Waals surface area contributed by atoms with Gasteiger partial charge in [-0.15, -0.1) is 0 Å². The molecule has 1 aromatic carbocycles. The molecule has 1 N–H and O–H groups in total. The standard InChI is InChI=1S/C18H18ClN3O4S/c1-25-12-3-4-17(16(8-12)26-2)27(23,24)22-6-5-15-14(10-22)13-7-11(19)9-20-18(13)21-15/h3-4,7-9H,5-6,10H2,1-2H3,(H,20,21). The Morgan fingerprint density at radius 2 is 2.04 bits per heavy atom. The maximum absolute atomic E-state index is 13.3. The molecule has 142 valence electrons. The van der Waals surface area contributed by atoms with Crippen LogP contribution in [0.4, 0.5) is 0 Å². The van der Waals surface area contributed by atoms with Crippen molar-refractivity contribution in [3.63, 3.8) is 0 Å². The summed E-state index contributed by atoms with van der Waals surface area (Å²) in [6, 6.07) is 6.50. The first-order chi connectivity index (χ1) is 12.9. The second-order valence-electron chi connectivity index (χ2n) is 6.24. The number of hydrogen-bond donors (Lipinski definition) is 1. The number of nitrogens with one attached hydrogen (secondary N) is 1. The highest BCUT2D eigenvalue weighted by molar-refractivity contribution is 7.89. The smallest absolute Gasteiger partial charge is 0.247 e. The molecule has 3 heterocycles. The molecule has 0 atom stereocenters. The summed E-state index contributed by atoms with van der Waals surface area (Å²) in [5.41, 5.74) is 2.61. The number of benzene rings is 1. The number of aromatic nitrogens is 2. The van der Waals surface area contributed by atoms with Gasteiger partial charge in [0.05, 0.1) is 19.2 Å². The van der Waals surface area contributed by atoms with E-state index >= 15 is 0 Å². The third kappa shape index (κ3) is 3.03. The molecule has 0 spiro atoms. The normalized spacial score (nSPS) is 14.9. The Bertz CT molecular complexity index is 1130. The molecule has 7 nitrogen and oxygen atoms in total. The first-order valence-electron chi connectivity index (χ1n) is 8.31. The second kappa shape index (κ2) is 6.70. The van der Waals surface area contributed by atoms with Gasteiger partial charge in [-0.3, -0.25) is 0 Å². The number of ether oxygens (including phenoxy) is 2. The van der Waals surface area contributed by atoms with Gasteiger partial charge in [0, 0.05) is 42.9 Å². The van der Waals surface area contributed by atoms with Gasteiger partial charge in [-0.1, -0.05) is 11.6 Å². The zero-order valence-corrected chi connectivity index (χ0v) is 16.4. The lowest BCUT2D eigenvalue weighted by Crippen LogP contribution is -2.36. The summed E-state index contributed by atoms with van der Waals surface area (Å²) < 4.78 is 38.4. The molecule has 0 bridgehead atoms. The van der Waals surface area contributed by atoms with Crippen LogP contribution in [-0.4, -0.2) is 43.5 Å². The SMILES string of the molecule is COc1ccc(S(=O)(=O)N2CCc3[nH]c4ncc(Cl)cc4c3C2)c(OC)c1. The van der Waals surface area contributed by atoms with E-state index < -0.39 is 10.0 Å². The molecule has 2 aromatic heterocycles. The molecule has 9 heteroatoms. The molecule has 0 aliphatic carbocycles. The molecule has 0 fully saturated rings.